The van der Waals surface area contributed by atoms with Gasteiger partial charge in [-0.15, -0.1) is 5.10 Å². The summed E-state index contributed by atoms with van der Waals surface area (Å²) in [4.78, 5) is 0. The number of hydrogen-bond donors (Lipinski definition) is 1. The molecule has 5 heteroatoms. The van der Waals surface area contributed by atoms with E-state index in [-0.39, 0.29) is 0 Å². The van der Waals surface area contributed by atoms with Gasteiger partial charge in [0.1, 0.15) is 18.5 Å². The SMILES string of the molecule is CCCCn1nc(OCc2ccccc2)c(C#N)c1N. The number of nitrogens with two attached hydrogens (primary N) is 1. The van der Waals surface area contributed by atoms with Crippen LogP contribution >= 0.6 is 0 Å². The number of aryl methyl sites for hydroxylation is 1. The summed E-state index contributed by atoms with van der Waals surface area (Å²) in [5.41, 5.74) is 7.27. The minimum Gasteiger partial charge on any atom is -0.471 e. The van der Waals surface area contributed by atoms with Gasteiger partial charge in [-0.3, -0.25) is 0 Å². The predicted octanol–water partition coefficient (Wildman–Crippen LogP) is 2.72. The first-order valence-electron chi connectivity index (χ1n) is 6.69. The van der Waals surface area contributed by atoms with Crippen LogP contribution in [0.4, 0.5) is 5.82 Å². The molecule has 1 aromatic carbocycles. The van der Waals surface area contributed by atoms with Gasteiger partial charge in [-0.05, 0) is 12.0 Å². The van der Waals surface area contributed by atoms with Crippen LogP contribution in [0.1, 0.15) is 30.9 Å². The van der Waals surface area contributed by atoms with Crippen LogP contribution < -0.4 is 10.5 Å². The second kappa shape index (κ2) is 6.62. The fourth-order valence-electron chi connectivity index (χ4n) is 1.86. The van der Waals surface area contributed by atoms with Gasteiger partial charge < -0.3 is 10.5 Å². The first-order valence-corrected chi connectivity index (χ1v) is 6.69. The Balaban J connectivity index is 2.13. The van der Waals surface area contributed by atoms with E-state index in [9.17, 15) is 5.26 Å². The molecule has 0 aliphatic carbocycles. The number of aromatic nitrogens is 2. The van der Waals surface area contributed by atoms with Crippen LogP contribution in [0.2, 0.25) is 0 Å². The lowest BCUT2D eigenvalue weighted by molar-refractivity contribution is 0.288. The third-order valence-corrected chi connectivity index (χ3v) is 3.01. The molecule has 5 nitrogen and oxygen atoms in total. The average molecular weight is 270 g/mol. The zero-order valence-corrected chi connectivity index (χ0v) is 11.5. The minimum absolute atomic E-state index is 0.310. The normalized spacial score (nSPS) is 10.2. The Morgan fingerprint density at radius 3 is 2.75 bits per heavy atom. The molecule has 0 fully saturated rings. The van der Waals surface area contributed by atoms with Crippen molar-refractivity contribution in [2.24, 2.45) is 0 Å². The zero-order valence-electron chi connectivity index (χ0n) is 11.5. The van der Waals surface area contributed by atoms with E-state index >= 15 is 0 Å². The third-order valence-electron chi connectivity index (χ3n) is 3.01. The molecule has 0 unspecified atom stereocenters. The van der Waals surface area contributed by atoms with Gasteiger partial charge in [0.15, 0.2) is 5.56 Å². The minimum atomic E-state index is 0.310. The fourth-order valence-corrected chi connectivity index (χ4v) is 1.86. The van der Waals surface area contributed by atoms with Crippen molar-refractivity contribution in [2.45, 2.75) is 32.9 Å². The fraction of sp³-hybridized carbons (Fsp3) is 0.333. The van der Waals surface area contributed by atoms with Gasteiger partial charge in [-0.2, -0.15) is 5.26 Å². The summed E-state index contributed by atoms with van der Waals surface area (Å²) in [6, 6.07) is 11.8. The van der Waals surface area contributed by atoms with Crippen LogP contribution in [0.5, 0.6) is 5.88 Å². The first-order chi connectivity index (χ1) is 9.76. The topological polar surface area (TPSA) is 76.9 Å². The molecule has 0 radical (unpaired) electrons. The predicted molar refractivity (Wildman–Crippen MR) is 77.0 cm³/mol. The number of nitrogen functional groups attached to an aromatic ring is 1. The Bertz CT molecular complexity index is 598. The number of nitriles is 1. The smallest absolute Gasteiger partial charge is 0.253 e. The Kier molecular flexibility index (Phi) is 4.61. The van der Waals surface area contributed by atoms with Gasteiger partial charge in [-0.25, -0.2) is 4.68 Å². The van der Waals surface area contributed by atoms with Gasteiger partial charge in [-0.1, -0.05) is 43.7 Å². The Labute approximate surface area is 118 Å². The molecule has 0 spiro atoms. The van der Waals surface area contributed by atoms with Crippen molar-refractivity contribution in [3.8, 4) is 11.9 Å². The van der Waals surface area contributed by atoms with E-state index in [2.05, 4.69) is 18.1 Å². The van der Waals surface area contributed by atoms with Crippen molar-refractivity contribution < 1.29 is 4.74 Å². The van der Waals surface area contributed by atoms with E-state index < -0.39 is 0 Å². The maximum atomic E-state index is 9.17. The van der Waals surface area contributed by atoms with Crippen LogP contribution in [-0.2, 0) is 13.2 Å². The van der Waals surface area contributed by atoms with Crippen LogP contribution in [0.3, 0.4) is 0 Å². The van der Waals surface area contributed by atoms with Crippen LogP contribution in [0, 0.1) is 11.3 Å². The summed E-state index contributed by atoms with van der Waals surface area (Å²) in [7, 11) is 0. The number of unbranched alkanes of at least 4 members (excludes halogenated alkanes) is 1. The highest BCUT2D eigenvalue weighted by Crippen LogP contribution is 2.24. The van der Waals surface area contributed by atoms with E-state index in [0.717, 1.165) is 18.4 Å². The Morgan fingerprint density at radius 1 is 1.35 bits per heavy atom. The van der Waals surface area contributed by atoms with E-state index in [4.69, 9.17) is 10.5 Å². The van der Waals surface area contributed by atoms with Gasteiger partial charge in [0.05, 0.1) is 0 Å². The summed E-state index contributed by atoms with van der Waals surface area (Å²) < 4.78 is 7.26. The van der Waals surface area contributed by atoms with Crippen molar-refractivity contribution >= 4 is 5.82 Å². The molecular formula is C15H18N4O. The second-order valence-electron chi connectivity index (χ2n) is 4.53. The molecule has 0 saturated carbocycles. The highest BCUT2D eigenvalue weighted by molar-refractivity contribution is 5.55. The molecule has 2 aromatic rings. The molecule has 0 bridgehead atoms. The summed E-state index contributed by atoms with van der Waals surface area (Å²) in [5, 5.41) is 13.5. The Hall–Kier alpha value is -2.48. The lowest BCUT2D eigenvalue weighted by Gasteiger charge is -2.03. The maximum absolute atomic E-state index is 9.17. The van der Waals surface area contributed by atoms with Crippen molar-refractivity contribution in [2.75, 3.05) is 5.73 Å². The molecule has 0 aliphatic rings. The lowest BCUT2D eigenvalue weighted by Crippen LogP contribution is -2.05. The van der Waals surface area contributed by atoms with E-state index in [1.807, 2.05) is 30.3 Å². The summed E-state index contributed by atoms with van der Waals surface area (Å²) in [5.74, 6) is 0.689. The number of hydrogen-bond acceptors (Lipinski definition) is 4. The number of rotatable bonds is 6. The van der Waals surface area contributed by atoms with E-state index in [1.54, 1.807) is 4.68 Å². The molecule has 0 aliphatic heterocycles. The highest BCUT2D eigenvalue weighted by atomic mass is 16.5. The second-order valence-corrected chi connectivity index (χ2v) is 4.53. The molecule has 20 heavy (non-hydrogen) atoms. The largest absolute Gasteiger partial charge is 0.471 e. The van der Waals surface area contributed by atoms with E-state index in [1.165, 1.54) is 0 Å². The standard InChI is InChI=1S/C15H18N4O/c1-2-3-9-19-14(17)13(10-16)15(18-19)20-11-12-7-5-4-6-8-12/h4-8H,2-3,9,11,17H2,1H3. The molecule has 0 amide bonds. The van der Waals surface area contributed by atoms with Crippen LogP contribution in [-0.4, -0.2) is 9.78 Å². The lowest BCUT2D eigenvalue weighted by atomic mass is 10.2. The number of nitrogens with zero attached hydrogens (tertiary/aromatic N) is 3. The van der Waals surface area contributed by atoms with Crippen molar-refractivity contribution in [1.82, 2.24) is 9.78 Å². The van der Waals surface area contributed by atoms with Crippen molar-refractivity contribution in [3.05, 3.63) is 41.5 Å². The molecule has 0 saturated heterocycles. The molecule has 2 N–H and O–H groups in total. The molecule has 2 rings (SSSR count). The molecule has 104 valence electrons. The Morgan fingerprint density at radius 2 is 2.10 bits per heavy atom. The monoisotopic (exact) mass is 270 g/mol. The number of anilines is 1. The highest BCUT2D eigenvalue weighted by Gasteiger charge is 2.16. The summed E-state index contributed by atoms with van der Waals surface area (Å²) in [6.07, 6.45) is 2.01. The van der Waals surface area contributed by atoms with Crippen LogP contribution in [0.25, 0.3) is 0 Å². The number of ether oxygens (including phenoxy) is 1. The average Bonchev–Trinajstić information content (AvgIpc) is 2.79. The molecule has 1 heterocycles. The van der Waals surface area contributed by atoms with Crippen LogP contribution in [0.15, 0.2) is 30.3 Å². The number of benzene rings is 1. The van der Waals surface area contributed by atoms with Gasteiger partial charge >= 0.3 is 0 Å². The van der Waals surface area contributed by atoms with Crippen molar-refractivity contribution in [1.29, 1.82) is 5.26 Å². The summed E-state index contributed by atoms with van der Waals surface area (Å²) >= 11 is 0. The summed E-state index contributed by atoms with van der Waals surface area (Å²) in [6.45, 7) is 3.17. The van der Waals surface area contributed by atoms with Crippen molar-refractivity contribution in [3.63, 3.8) is 0 Å². The molecular weight excluding hydrogens is 252 g/mol. The first kappa shape index (κ1) is 13.9. The zero-order chi connectivity index (χ0) is 14.4. The third kappa shape index (κ3) is 3.09. The quantitative estimate of drug-likeness (QED) is 0.875. The van der Waals surface area contributed by atoms with Gasteiger partial charge in [0, 0.05) is 6.54 Å². The van der Waals surface area contributed by atoms with Gasteiger partial charge in [0.25, 0.3) is 5.88 Å². The molecule has 0 atom stereocenters. The molecule has 1 aromatic heterocycles. The maximum Gasteiger partial charge on any atom is 0.253 e. The van der Waals surface area contributed by atoms with E-state index in [0.29, 0.717) is 30.4 Å². The van der Waals surface area contributed by atoms with Gasteiger partial charge in [0.2, 0.25) is 0 Å².